The van der Waals surface area contributed by atoms with Crippen molar-refractivity contribution in [3.63, 3.8) is 0 Å². The first kappa shape index (κ1) is 15.2. The fourth-order valence-electron chi connectivity index (χ4n) is 2.55. The van der Waals surface area contributed by atoms with Gasteiger partial charge in [0.1, 0.15) is 0 Å². The molecular weight excluding hydrogens is 272 g/mol. The molecule has 4 unspecified atom stereocenters. The molecule has 0 radical (unpaired) electrons. The Morgan fingerprint density at radius 2 is 2.00 bits per heavy atom. The third-order valence-electron chi connectivity index (χ3n) is 3.89. The van der Waals surface area contributed by atoms with E-state index in [1.807, 2.05) is 0 Å². The SMILES string of the molecule is Cc1ccc(C(NN)C2CSC(C)C(C)S2)c(C)c1. The summed E-state index contributed by atoms with van der Waals surface area (Å²) >= 11 is 4.14. The fourth-order valence-corrected chi connectivity index (χ4v) is 5.64. The van der Waals surface area contributed by atoms with Crippen LogP contribution in [-0.4, -0.2) is 21.5 Å². The van der Waals surface area contributed by atoms with Crippen molar-refractivity contribution in [2.24, 2.45) is 5.84 Å². The van der Waals surface area contributed by atoms with E-state index >= 15 is 0 Å². The highest BCUT2D eigenvalue weighted by molar-refractivity contribution is 8.07. The zero-order chi connectivity index (χ0) is 14.0. The van der Waals surface area contributed by atoms with Gasteiger partial charge in [-0.25, -0.2) is 0 Å². The molecule has 4 atom stereocenters. The van der Waals surface area contributed by atoms with E-state index in [1.54, 1.807) is 0 Å². The van der Waals surface area contributed by atoms with E-state index < -0.39 is 0 Å². The normalized spacial score (nSPS) is 29.2. The van der Waals surface area contributed by atoms with E-state index in [0.717, 1.165) is 5.25 Å². The van der Waals surface area contributed by atoms with Crippen molar-refractivity contribution in [2.45, 2.75) is 49.5 Å². The molecule has 0 spiro atoms. The number of nitrogens with two attached hydrogens (primary N) is 1. The van der Waals surface area contributed by atoms with Gasteiger partial charge in [-0.1, -0.05) is 37.6 Å². The van der Waals surface area contributed by atoms with Crippen LogP contribution < -0.4 is 11.3 Å². The Kier molecular flexibility index (Phi) is 5.23. The highest BCUT2D eigenvalue weighted by atomic mass is 32.2. The van der Waals surface area contributed by atoms with Crippen molar-refractivity contribution < 1.29 is 0 Å². The Labute approximate surface area is 125 Å². The first-order chi connectivity index (χ1) is 9.02. The number of hydrogen-bond acceptors (Lipinski definition) is 4. The molecule has 1 aromatic carbocycles. The Hall–Kier alpha value is -0.160. The van der Waals surface area contributed by atoms with Crippen LogP contribution in [0, 0.1) is 13.8 Å². The summed E-state index contributed by atoms with van der Waals surface area (Å²) in [6.07, 6.45) is 0. The van der Waals surface area contributed by atoms with Crippen molar-refractivity contribution in [3.05, 3.63) is 34.9 Å². The number of hydrazine groups is 1. The molecule has 1 aliphatic rings. The summed E-state index contributed by atoms with van der Waals surface area (Å²) in [7, 11) is 0. The summed E-state index contributed by atoms with van der Waals surface area (Å²) in [6.45, 7) is 8.96. The van der Waals surface area contributed by atoms with Crippen molar-refractivity contribution >= 4 is 23.5 Å². The van der Waals surface area contributed by atoms with Crippen LogP contribution in [-0.2, 0) is 0 Å². The zero-order valence-corrected chi connectivity index (χ0v) is 13.8. The molecule has 3 N–H and O–H groups in total. The smallest absolute Gasteiger partial charge is 0.0589 e. The molecule has 0 aliphatic carbocycles. The average Bonchev–Trinajstić information content (AvgIpc) is 2.37. The maximum absolute atomic E-state index is 5.85. The van der Waals surface area contributed by atoms with Gasteiger partial charge in [-0.15, -0.1) is 0 Å². The maximum atomic E-state index is 5.85. The van der Waals surface area contributed by atoms with Crippen molar-refractivity contribution in [1.82, 2.24) is 5.43 Å². The van der Waals surface area contributed by atoms with Crippen LogP contribution in [0.3, 0.4) is 0 Å². The molecule has 1 aromatic rings. The molecular formula is C15H24N2S2. The lowest BCUT2D eigenvalue weighted by Gasteiger charge is -2.36. The van der Waals surface area contributed by atoms with E-state index in [2.05, 4.69) is 74.8 Å². The van der Waals surface area contributed by atoms with Crippen LogP contribution >= 0.6 is 23.5 Å². The number of benzene rings is 1. The maximum Gasteiger partial charge on any atom is 0.0589 e. The van der Waals surface area contributed by atoms with Crippen LogP contribution in [0.1, 0.15) is 36.6 Å². The standard InChI is InChI=1S/C15H24N2S2/c1-9-5-6-13(10(2)7-9)15(17-16)14-8-18-11(3)12(4)19-14/h5-7,11-12,14-15,17H,8,16H2,1-4H3. The third kappa shape index (κ3) is 3.48. The quantitative estimate of drug-likeness (QED) is 0.662. The number of rotatable bonds is 3. The van der Waals surface area contributed by atoms with Gasteiger partial charge in [0.05, 0.1) is 6.04 Å². The minimum atomic E-state index is 0.244. The van der Waals surface area contributed by atoms with Gasteiger partial charge >= 0.3 is 0 Å². The van der Waals surface area contributed by atoms with Crippen LogP contribution in [0.2, 0.25) is 0 Å². The average molecular weight is 297 g/mol. The molecule has 4 heteroatoms. The molecule has 0 bridgehead atoms. The zero-order valence-electron chi connectivity index (χ0n) is 12.1. The number of thioether (sulfide) groups is 2. The molecule has 0 saturated carbocycles. The molecule has 1 heterocycles. The second-order valence-electron chi connectivity index (χ2n) is 5.42. The lowest BCUT2D eigenvalue weighted by atomic mass is 9.98. The summed E-state index contributed by atoms with van der Waals surface area (Å²) < 4.78 is 0. The minimum absolute atomic E-state index is 0.244. The van der Waals surface area contributed by atoms with E-state index in [4.69, 9.17) is 5.84 Å². The fraction of sp³-hybridized carbons (Fsp3) is 0.600. The van der Waals surface area contributed by atoms with Gasteiger partial charge in [0.25, 0.3) is 0 Å². The van der Waals surface area contributed by atoms with Crippen molar-refractivity contribution in [1.29, 1.82) is 0 Å². The first-order valence-corrected chi connectivity index (χ1v) is 8.82. The largest absolute Gasteiger partial charge is 0.271 e. The summed E-state index contributed by atoms with van der Waals surface area (Å²) in [6, 6.07) is 6.89. The number of nitrogens with one attached hydrogen (secondary N) is 1. The molecule has 1 fully saturated rings. The van der Waals surface area contributed by atoms with Gasteiger partial charge in [-0.05, 0) is 25.0 Å². The Morgan fingerprint density at radius 1 is 1.26 bits per heavy atom. The van der Waals surface area contributed by atoms with Crippen LogP contribution in [0.5, 0.6) is 0 Å². The van der Waals surface area contributed by atoms with E-state index in [9.17, 15) is 0 Å². The van der Waals surface area contributed by atoms with Gasteiger partial charge in [0.15, 0.2) is 0 Å². The minimum Gasteiger partial charge on any atom is -0.271 e. The summed E-state index contributed by atoms with van der Waals surface area (Å²) in [5.74, 6) is 7.02. The third-order valence-corrected chi connectivity index (χ3v) is 7.38. The molecule has 0 amide bonds. The van der Waals surface area contributed by atoms with Gasteiger partial charge < -0.3 is 0 Å². The molecule has 0 aromatic heterocycles. The molecule has 2 rings (SSSR count). The lowest BCUT2D eigenvalue weighted by molar-refractivity contribution is 0.547. The van der Waals surface area contributed by atoms with Gasteiger partial charge in [0, 0.05) is 21.5 Å². The molecule has 2 nitrogen and oxygen atoms in total. The predicted molar refractivity (Wildman–Crippen MR) is 88.7 cm³/mol. The molecule has 106 valence electrons. The highest BCUT2D eigenvalue weighted by Gasteiger charge is 2.32. The second kappa shape index (κ2) is 6.53. The lowest BCUT2D eigenvalue weighted by Crippen LogP contribution is -2.40. The van der Waals surface area contributed by atoms with Crippen molar-refractivity contribution in [2.75, 3.05) is 5.75 Å². The van der Waals surface area contributed by atoms with E-state index in [-0.39, 0.29) is 6.04 Å². The summed E-state index contributed by atoms with van der Waals surface area (Å²) in [5, 5.41) is 1.96. The summed E-state index contributed by atoms with van der Waals surface area (Å²) in [4.78, 5) is 0. The van der Waals surface area contributed by atoms with Gasteiger partial charge in [-0.3, -0.25) is 11.3 Å². The van der Waals surface area contributed by atoms with Gasteiger partial charge in [-0.2, -0.15) is 23.5 Å². The number of aryl methyl sites for hydroxylation is 2. The van der Waals surface area contributed by atoms with Gasteiger partial charge in [0.2, 0.25) is 0 Å². The molecule has 19 heavy (non-hydrogen) atoms. The van der Waals surface area contributed by atoms with E-state index in [1.165, 1.54) is 22.4 Å². The van der Waals surface area contributed by atoms with Crippen LogP contribution in [0.4, 0.5) is 0 Å². The van der Waals surface area contributed by atoms with Crippen LogP contribution in [0.15, 0.2) is 18.2 Å². The van der Waals surface area contributed by atoms with Crippen LogP contribution in [0.25, 0.3) is 0 Å². The summed E-state index contributed by atoms with van der Waals surface area (Å²) in [5.41, 5.74) is 7.03. The second-order valence-corrected chi connectivity index (χ2v) is 8.45. The number of hydrogen-bond donors (Lipinski definition) is 2. The first-order valence-electron chi connectivity index (χ1n) is 6.83. The predicted octanol–water partition coefficient (Wildman–Crippen LogP) is 3.43. The topological polar surface area (TPSA) is 38.0 Å². The van der Waals surface area contributed by atoms with Crippen molar-refractivity contribution in [3.8, 4) is 0 Å². The molecule has 1 saturated heterocycles. The molecule has 1 aliphatic heterocycles. The Bertz CT molecular complexity index is 436. The Morgan fingerprint density at radius 3 is 2.58 bits per heavy atom. The monoisotopic (exact) mass is 296 g/mol. The highest BCUT2D eigenvalue weighted by Crippen LogP contribution is 2.41. The Balaban J connectivity index is 2.20. The van der Waals surface area contributed by atoms with E-state index in [0.29, 0.717) is 10.5 Å².